The van der Waals surface area contributed by atoms with Crippen molar-refractivity contribution in [1.29, 1.82) is 0 Å². The Hall–Kier alpha value is -7.21. The molecular weight excluding hydrogens is 701 g/mol. The first-order valence-electron chi connectivity index (χ1n) is 22.5. The van der Waals surface area contributed by atoms with Crippen molar-refractivity contribution in [2.24, 2.45) is 0 Å². The Kier molecular flexibility index (Phi) is 5.75. The topological polar surface area (TPSA) is 43.6 Å². The maximum Gasteiger partial charge on any atom is 0.164 e. The van der Waals surface area contributed by atoms with Gasteiger partial charge in [0.1, 0.15) is 0 Å². The van der Waals surface area contributed by atoms with Gasteiger partial charge in [0.05, 0.1) is 23.4 Å². The number of thiophene rings is 1. The second-order valence-electron chi connectivity index (χ2n) is 13.4. The highest BCUT2D eigenvalue weighted by Crippen LogP contribution is 2.39. The summed E-state index contributed by atoms with van der Waals surface area (Å²) in [7, 11) is 0. The monoisotopic (exact) mass is 741 g/mol. The summed E-state index contributed by atoms with van der Waals surface area (Å²) in [5.74, 6) is 1.37. The number of para-hydroxylation sites is 2. The predicted octanol–water partition coefficient (Wildman–Crippen LogP) is 13.7. The van der Waals surface area contributed by atoms with Gasteiger partial charge >= 0.3 is 0 Å². The van der Waals surface area contributed by atoms with Gasteiger partial charge in [0, 0.05) is 58.9 Å². The van der Waals surface area contributed by atoms with Crippen LogP contribution in [0.15, 0.2) is 194 Å². The van der Waals surface area contributed by atoms with Crippen LogP contribution in [0, 0.1) is 0 Å². The van der Waals surface area contributed by atoms with Crippen molar-refractivity contribution in [2.75, 3.05) is 0 Å². The van der Waals surface area contributed by atoms with E-state index in [1.807, 2.05) is 72.8 Å². The predicted molar refractivity (Wildman–Crippen MR) is 234 cm³/mol. The molecule has 5 heteroatoms. The highest BCUT2D eigenvalue weighted by Gasteiger charge is 2.18. The van der Waals surface area contributed by atoms with E-state index in [1.165, 1.54) is 10.1 Å². The minimum Gasteiger partial charge on any atom is -0.309 e. The van der Waals surface area contributed by atoms with E-state index in [1.54, 1.807) is 46.2 Å². The smallest absolute Gasteiger partial charge is 0.164 e. The molecule has 0 fully saturated rings. The maximum absolute atomic E-state index is 9.14. The summed E-state index contributed by atoms with van der Waals surface area (Å²) in [6.45, 7) is 0. The van der Waals surface area contributed by atoms with Crippen molar-refractivity contribution in [1.82, 2.24) is 19.5 Å². The van der Waals surface area contributed by atoms with Crippen molar-refractivity contribution in [3.8, 4) is 62.1 Å². The Labute approximate surface area is 340 Å². The van der Waals surface area contributed by atoms with Crippen LogP contribution in [0.2, 0.25) is 0 Å². The zero-order valence-electron chi connectivity index (χ0n) is 38.5. The van der Waals surface area contributed by atoms with Crippen molar-refractivity contribution >= 4 is 53.3 Å². The molecule has 0 bridgehead atoms. The molecule has 56 heavy (non-hydrogen) atoms. The lowest BCUT2D eigenvalue weighted by molar-refractivity contribution is 1.07. The quantitative estimate of drug-likeness (QED) is 0.170. The fraction of sp³-hybridized carbons (Fsp3) is 0. The molecule has 0 unspecified atom stereocenters. The van der Waals surface area contributed by atoms with E-state index in [4.69, 9.17) is 27.3 Å². The van der Waals surface area contributed by atoms with Gasteiger partial charge in [-0.05, 0) is 59.1 Å². The maximum atomic E-state index is 9.14. The Bertz CT molecular complexity index is 3730. The summed E-state index contributed by atoms with van der Waals surface area (Å²) in [6.07, 6.45) is 0. The van der Waals surface area contributed by atoms with Crippen molar-refractivity contribution in [3.63, 3.8) is 0 Å². The summed E-state index contributed by atoms with van der Waals surface area (Å²) < 4.78 is 82.2. The lowest BCUT2D eigenvalue weighted by Gasteiger charge is -2.13. The first kappa shape index (κ1) is 24.2. The fourth-order valence-corrected chi connectivity index (χ4v) is 8.59. The minimum atomic E-state index is -0.527. The number of hydrogen-bond acceptors (Lipinski definition) is 4. The molecule has 0 aliphatic heterocycles. The van der Waals surface area contributed by atoms with Gasteiger partial charge in [-0.2, -0.15) is 0 Å². The van der Waals surface area contributed by atoms with Crippen LogP contribution < -0.4 is 0 Å². The molecule has 11 rings (SSSR count). The molecule has 0 aliphatic rings. The third-order valence-electron chi connectivity index (χ3n) is 10.1. The highest BCUT2D eigenvalue weighted by atomic mass is 32.1. The molecule has 4 nitrogen and oxygen atoms in total. The minimum absolute atomic E-state index is 0.0478. The summed E-state index contributed by atoms with van der Waals surface area (Å²) >= 11 is 1.71. The normalized spacial score (nSPS) is 13.8. The van der Waals surface area contributed by atoms with Crippen LogP contribution in [0.4, 0.5) is 0 Å². The van der Waals surface area contributed by atoms with Gasteiger partial charge < -0.3 is 4.57 Å². The molecule has 8 aromatic carbocycles. The highest BCUT2D eigenvalue weighted by molar-refractivity contribution is 7.25. The third kappa shape index (κ3) is 5.48. The lowest BCUT2D eigenvalue weighted by Crippen LogP contribution is -2.01. The molecular formula is C51H32N4S. The summed E-state index contributed by atoms with van der Waals surface area (Å²) in [5.41, 5.74) is 5.69. The van der Waals surface area contributed by atoms with Gasteiger partial charge in [-0.15, -0.1) is 11.3 Å². The Morgan fingerprint density at radius 3 is 1.79 bits per heavy atom. The van der Waals surface area contributed by atoms with Crippen LogP contribution >= 0.6 is 11.3 Å². The van der Waals surface area contributed by atoms with Crippen LogP contribution in [0.25, 0.3) is 104 Å². The van der Waals surface area contributed by atoms with E-state index in [0.29, 0.717) is 39.6 Å². The van der Waals surface area contributed by atoms with Crippen molar-refractivity contribution < 1.29 is 12.3 Å². The Morgan fingerprint density at radius 2 is 1.00 bits per heavy atom. The zero-order chi connectivity index (χ0) is 44.8. The Balaban J connectivity index is 1.10. The second kappa shape index (κ2) is 13.3. The summed E-state index contributed by atoms with van der Waals surface area (Å²) in [4.78, 5) is 15.1. The largest absolute Gasteiger partial charge is 0.309 e. The second-order valence-corrected chi connectivity index (χ2v) is 14.5. The van der Waals surface area contributed by atoms with Gasteiger partial charge in [-0.3, -0.25) is 0 Å². The SMILES string of the molecule is [2H]c1c([2H])c([2H])c(-c2cccc3c4c([2H])c([2H])c([2H])c([2H])c4n(-c4ccc(-c5nc(-c6ccc(-c7ccccc7)cc6)nc(-c6ccc7c(c6)sc6ccccc67)n5)cc4)c23)c([2H])c1[2H]. The van der Waals surface area contributed by atoms with E-state index in [0.717, 1.165) is 32.3 Å². The number of hydrogen-bond donors (Lipinski definition) is 0. The fourth-order valence-electron chi connectivity index (χ4n) is 7.44. The summed E-state index contributed by atoms with van der Waals surface area (Å²) in [6, 6.07) is 41.4. The third-order valence-corrected chi connectivity index (χ3v) is 11.2. The molecule has 0 amide bonds. The average molecular weight is 742 g/mol. The first-order valence-corrected chi connectivity index (χ1v) is 18.9. The lowest BCUT2D eigenvalue weighted by atomic mass is 10.0. The van der Waals surface area contributed by atoms with Crippen LogP contribution in [-0.4, -0.2) is 19.5 Å². The van der Waals surface area contributed by atoms with Crippen molar-refractivity contribution in [3.05, 3.63) is 194 Å². The number of fused-ring (bicyclic) bond motifs is 6. The van der Waals surface area contributed by atoms with E-state index in [-0.39, 0.29) is 34.1 Å². The first-order chi connectivity index (χ1) is 31.5. The number of rotatable bonds is 6. The Morgan fingerprint density at radius 1 is 0.411 bits per heavy atom. The van der Waals surface area contributed by atoms with Crippen LogP contribution in [0.5, 0.6) is 0 Å². The van der Waals surface area contributed by atoms with Gasteiger partial charge in [-0.25, -0.2) is 15.0 Å². The number of aromatic nitrogens is 4. The molecule has 0 radical (unpaired) electrons. The van der Waals surface area contributed by atoms with Gasteiger partial charge in [0.25, 0.3) is 0 Å². The molecule has 0 N–H and O–H groups in total. The molecule has 0 aliphatic carbocycles. The molecule has 0 spiro atoms. The van der Waals surface area contributed by atoms with Gasteiger partial charge in [0.15, 0.2) is 17.5 Å². The van der Waals surface area contributed by atoms with Crippen molar-refractivity contribution in [2.45, 2.75) is 0 Å². The van der Waals surface area contributed by atoms with E-state index >= 15 is 0 Å². The molecule has 0 atom stereocenters. The number of nitrogens with zero attached hydrogens (tertiary/aromatic N) is 4. The molecule has 0 saturated carbocycles. The van der Waals surface area contributed by atoms with E-state index in [2.05, 4.69) is 36.4 Å². The molecule has 3 aromatic heterocycles. The van der Waals surface area contributed by atoms with Gasteiger partial charge in [-0.1, -0.05) is 151 Å². The van der Waals surface area contributed by atoms with E-state index in [9.17, 15) is 0 Å². The van der Waals surface area contributed by atoms with E-state index < -0.39 is 42.3 Å². The van der Waals surface area contributed by atoms with Crippen LogP contribution in [0.1, 0.15) is 12.3 Å². The standard InChI is InChI=1S/C51H32N4S/c1-3-12-33(13-4-1)34-22-24-36(25-23-34)49-52-50(54-51(53-49)38-28-31-43-42-17-8-10-21-46(42)56-47(43)32-38)37-26-29-39(30-27-37)55-45-20-9-7-16-41(45)44-19-11-18-40(48(44)55)35-14-5-2-6-15-35/h1-32H/i2D,5D,6D,7D,9D,14D,15D,16D,20D. The van der Waals surface area contributed by atoms with Crippen LogP contribution in [0.3, 0.4) is 0 Å². The molecule has 3 heterocycles. The number of benzene rings is 8. The van der Waals surface area contributed by atoms with Crippen LogP contribution in [-0.2, 0) is 0 Å². The summed E-state index contributed by atoms with van der Waals surface area (Å²) in [5, 5.41) is 3.01. The average Bonchev–Trinajstić information content (AvgIpc) is 3.90. The molecule has 11 aromatic rings. The molecule has 0 saturated heterocycles. The molecule has 262 valence electrons. The zero-order valence-corrected chi connectivity index (χ0v) is 30.3. The van der Waals surface area contributed by atoms with Gasteiger partial charge in [0.2, 0.25) is 0 Å².